The maximum absolute atomic E-state index is 12.5. The molecule has 27 heavy (non-hydrogen) atoms. The van der Waals surface area contributed by atoms with Gasteiger partial charge in [-0.05, 0) is 30.3 Å². The molecule has 0 fully saturated rings. The maximum Gasteiger partial charge on any atom is 0.238 e. The standard InChI is InChI=1S/C18H14ClN5OS2/c19-13-5-4-6-14(11-13)21-17-22-23-18(27-17)26-12-16(25)24(10-9-20)15-7-2-1-3-8-15/h1-8,11H,10,12H2,(H,21,22). The molecule has 136 valence electrons. The van der Waals surface area contributed by atoms with Crippen LogP contribution in [0.2, 0.25) is 5.02 Å². The van der Waals surface area contributed by atoms with Gasteiger partial charge in [-0.25, -0.2) is 0 Å². The number of hydrogen-bond acceptors (Lipinski definition) is 7. The van der Waals surface area contributed by atoms with Crippen molar-refractivity contribution in [3.05, 3.63) is 59.6 Å². The van der Waals surface area contributed by atoms with E-state index in [-0.39, 0.29) is 18.2 Å². The second-order valence-electron chi connectivity index (χ2n) is 5.27. The van der Waals surface area contributed by atoms with Crippen molar-refractivity contribution < 1.29 is 4.79 Å². The first-order valence-electron chi connectivity index (χ1n) is 7.87. The molecule has 1 N–H and O–H groups in total. The summed E-state index contributed by atoms with van der Waals surface area (Å²) in [6.07, 6.45) is 0. The highest BCUT2D eigenvalue weighted by Crippen LogP contribution is 2.29. The zero-order valence-electron chi connectivity index (χ0n) is 14.0. The summed E-state index contributed by atoms with van der Waals surface area (Å²) in [7, 11) is 0. The van der Waals surface area contributed by atoms with Gasteiger partial charge in [0.25, 0.3) is 0 Å². The average molecular weight is 416 g/mol. The molecule has 0 radical (unpaired) electrons. The van der Waals surface area contributed by atoms with Crippen molar-refractivity contribution in [2.45, 2.75) is 4.34 Å². The molecular formula is C18H14ClN5OS2. The Kier molecular flexibility index (Phi) is 6.65. The van der Waals surface area contributed by atoms with Crippen molar-refractivity contribution >= 4 is 57.1 Å². The molecule has 2 aromatic carbocycles. The number of aromatic nitrogens is 2. The predicted octanol–water partition coefficient (Wildman–Crippen LogP) is 4.58. The zero-order chi connectivity index (χ0) is 19.1. The van der Waals surface area contributed by atoms with E-state index in [1.165, 1.54) is 28.0 Å². The predicted molar refractivity (Wildman–Crippen MR) is 110 cm³/mol. The molecule has 1 amide bonds. The second-order valence-corrected chi connectivity index (χ2v) is 7.91. The fourth-order valence-corrected chi connectivity index (χ4v) is 4.05. The van der Waals surface area contributed by atoms with Gasteiger partial charge in [0.2, 0.25) is 11.0 Å². The van der Waals surface area contributed by atoms with E-state index in [0.717, 1.165) is 5.69 Å². The molecule has 0 spiro atoms. The maximum atomic E-state index is 12.5. The van der Waals surface area contributed by atoms with Crippen LogP contribution in [-0.2, 0) is 4.79 Å². The second kappa shape index (κ2) is 9.37. The molecule has 3 aromatic rings. The lowest BCUT2D eigenvalue weighted by atomic mass is 10.3. The third-order valence-electron chi connectivity index (χ3n) is 3.40. The van der Waals surface area contributed by atoms with E-state index in [0.29, 0.717) is 20.2 Å². The van der Waals surface area contributed by atoms with Gasteiger partial charge in [0.05, 0.1) is 11.8 Å². The summed E-state index contributed by atoms with van der Waals surface area (Å²) in [6, 6.07) is 18.5. The molecule has 1 aromatic heterocycles. The van der Waals surface area contributed by atoms with Crippen molar-refractivity contribution in [2.75, 3.05) is 22.5 Å². The van der Waals surface area contributed by atoms with Crippen molar-refractivity contribution in [1.29, 1.82) is 5.26 Å². The topological polar surface area (TPSA) is 81.9 Å². The number of hydrogen-bond donors (Lipinski definition) is 1. The molecule has 0 saturated carbocycles. The Morgan fingerprint density at radius 1 is 1.22 bits per heavy atom. The van der Waals surface area contributed by atoms with Crippen LogP contribution in [0.15, 0.2) is 58.9 Å². The van der Waals surface area contributed by atoms with E-state index in [1.807, 2.05) is 36.4 Å². The highest BCUT2D eigenvalue weighted by molar-refractivity contribution is 8.01. The van der Waals surface area contributed by atoms with Gasteiger partial charge in [0, 0.05) is 16.4 Å². The number of nitrogens with one attached hydrogen (secondary N) is 1. The van der Waals surface area contributed by atoms with Crippen molar-refractivity contribution in [2.24, 2.45) is 0 Å². The molecule has 9 heteroatoms. The van der Waals surface area contributed by atoms with Crippen LogP contribution in [0, 0.1) is 11.3 Å². The van der Waals surface area contributed by atoms with Gasteiger partial charge < -0.3 is 5.32 Å². The molecule has 0 aliphatic carbocycles. The summed E-state index contributed by atoms with van der Waals surface area (Å²) in [4.78, 5) is 14.0. The molecule has 0 aliphatic rings. The van der Waals surface area contributed by atoms with Crippen molar-refractivity contribution in [3.8, 4) is 6.07 Å². The number of benzene rings is 2. The highest BCUT2D eigenvalue weighted by Gasteiger charge is 2.16. The molecular weight excluding hydrogens is 402 g/mol. The number of carbonyl (C=O) groups is 1. The lowest BCUT2D eigenvalue weighted by molar-refractivity contribution is -0.116. The summed E-state index contributed by atoms with van der Waals surface area (Å²) in [6.45, 7) is 0.00109. The van der Waals surface area contributed by atoms with Crippen LogP contribution in [0.4, 0.5) is 16.5 Å². The Hall–Kier alpha value is -2.60. The molecule has 0 saturated heterocycles. The van der Waals surface area contributed by atoms with E-state index >= 15 is 0 Å². The molecule has 3 rings (SSSR count). The molecule has 0 bridgehead atoms. The molecule has 0 unspecified atom stereocenters. The van der Waals surface area contributed by atoms with Gasteiger partial charge in [0.15, 0.2) is 4.34 Å². The molecule has 0 atom stereocenters. The van der Waals surface area contributed by atoms with Gasteiger partial charge in [-0.3, -0.25) is 9.69 Å². The third kappa shape index (κ3) is 5.44. The average Bonchev–Trinajstić information content (AvgIpc) is 3.12. The first-order chi connectivity index (χ1) is 13.2. The fraction of sp³-hybridized carbons (Fsp3) is 0.111. The number of thioether (sulfide) groups is 1. The molecule has 6 nitrogen and oxygen atoms in total. The van der Waals surface area contributed by atoms with E-state index < -0.39 is 0 Å². The Morgan fingerprint density at radius 3 is 2.78 bits per heavy atom. The Labute approximate surface area is 169 Å². The number of halogens is 1. The number of nitrogens with zero attached hydrogens (tertiary/aromatic N) is 4. The van der Waals surface area contributed by atoms with Gasteiger partial charge >= 0.3 is 0 Å². The SMILES string of the molecule is N#CCN(C(=O)CSc1nnc(Nc2cccc(Cl)c2)s1)c1ccccc1. The summed E-state index contributed by atoms with van der Waals surface area (Å²) >= 11 is 8.60. The normalized spacial score (nSPS) is 10.2. The number of anilines is 3. The van der Waals surface area contributed by atoms with E-state index in [4.69, 9.17) is 16.9 Å². The minimum absolute atomic E-state index is 0.00109. The Morgan fingerprint density at radius 2 is 2.04 bits per heavy atom. The number of rotatable bonds is 7. The number of amides is 1. The van der Waals surface area contributed by atoms with Crippen LogP contribution >= 0.6 is 34.7 Å². The summed E-state index contributed by atoms with van der Waals surface area (Å²) in [5, 5.41) is 21.5. The van der Waals surface area contributed by atoms with Crippen LogP contribution in [0.5, 0.6) is 0 Å². The Bertz CT molecular complexity index is 958. The minimum Gasteiger partial charge on any atom is -0.330 e. The number of carbonyl (C=O) groups excluding carboxylic acids is 1. The summed E-state index contributed by atoms with van der Waals surface area (Å²) < 4.78 is 0.665. The van der Waals surface area contributed by atoms with Crippen molar-refractivity contribution in [3.63, 3.8) is 0 Å². The monoisotopic (exact) mass is 415 g/mol. The lowest BCUT2D eigenvalue weighted by Gasteiger charge is -2.19. The van der Waals surface area contributed by atoms with E-state index in [9.17, 15) is 4.79 Å². The van der Waals surface area contributed by atoms with Gasteiger partial charge in [-0.15, -0.1) is 10.2 Å². The van der Waals surface area contributed by atoms with Gasteiger partial charge in [-0.2, -0.15) is 5.26 Å². The molecule has 1 heterocycles. The van der Waals surface area contributed by atoms with E-state index in [2.05, 4.69) is 15.5 Å². The lowest BCUT2D eigenvalue weighted by Crippen LogP contribution is -2.32. The van der Waals surface area contributed by atoms with Gasteiger partial charge in [0.1, 0.15) is 6.54 Å². The zero-order valence-corrected chi connectivity index (χ0v) is 16.4. The van der Waals surface area contributed by atoms with Crippen LogP contribution in [0.1, 0.15) is 0 Å². The smallest absolute Gasteiger partial charge is 0.238 e. The summed E-state index contributed by atoms with van der Waals surface area (Å²) in [5.74, 6) is 0.00911. The van der Waals surface area contributed by atoms with Crippen LogP contribution < -0.4 is 10.2 Å². The first kappa shape index (κ1) is 19.2. The van der Waals surface area contributed by atoms with Crippen LogP contribution in [-0.4, -0.2) is 28.4 Å². The third-order valence-corrected chi connectivity index (χ3v) is 5.59. The Balaban J connectivity index is 1.60. The minimum atomic E-state index is -0.160. The van der Waals surface area contributed by atoms with E-state index in [1.54, 1.807) is 24.3 Å². The fourth-order valence-electron chi connectivity index (χ4n) is 2.21. The highest BCUT2D eigenvalue weighted by atomic mass is 35.5. The number of para-hydroxylation sites is 1. The first-order valence-corrected chi connectivity index (χ1v) is 10.0. The number of nitriles is 1. The molecule has 0 aliphatic heterocycles. The quantitative estimate of drug-likeness (QED) is 0.449. The van der Waals surface area contributed by atoms with Crippen LogP contribution in [0.25, 0.3) is 0 Å². The largest absolute Gasteiger partial charge is 0.330 e. The van der Waals surface area contributed by atoms with Gasteiger partial charge in [-0.1, -0.05) is 59.0 Å². The van der Waals surface area contributed by atoms with Crippen LogP contribution in [0.3, 0.4) is 0 Å². The summed E-state index contributed by atoms with van der Waals surface area (Å²) in [5.41, 5.74) is 1.51. The van der Waals surface area contributed by atoms with Crippen molar-refractivity contribution in [1.82, 2.24) is 10.2 Å².